The molecule has 41 heavy (non-hydrogen) atoms. The van der Waals surface area contributed by atoms with E-state index in [9.17, 15) is 19.8 Å². The second-order valence-corrected chi connectivity index (χ2v) is 10.8. The average Bonchev–Trinajstić information content (AvgIpc) is 2.95. The molecule has 6 nitrogen and oxygen atoms in total. The number of unbranched alkanes of at least 4 members (excludes halogenated alkanes) is 10. The molecule has 0 aliphatic rings. The molecule has 0 aliphatic carbocycles. The van der Waals surface area contributed by atoms with Gasteiger partial charge >= 0.3 is 11.9 Å². The maximum atomic E-state index is 12.0. The van der Waals surface area contributed by atoms with Crippen LogP contribution in [0.25, 0.3) is 0 Å². The van der Waals surface area contributed by atoms with Crippen molar-refractivity contribution in [3.63, 3.8) is 0 Å². The van der Waals surface area contributed by atoms with Crippen molar-refractivity contribution in [2.24, 2.45) is 0 Å². The van der Waals surface area contributed by atoms with Gasteiger partial charge < -0.3 is 19.7 Å². The van der Waals surface area contributed by atoms with Gasteiger partial charge in [0.25, 0.3) is 0 Å². The summed E-state index contributed by atoms with van der Waals surface area (Å²) >= 11 is 0. The van der Waals surface area contributed by atoms with Gasteiger partial charge in [-0.2, -0.15) is 0 Å². The zero-order valence-corrected chi connectivity index (χ0v) is 26.2. The standard InChI is InChI=1S/C35H60O6/c1-3-4-5-6-7-15-20-23-26-29-35(39)41-33(30-36)31-40-34(38)28-25-22-19-17-14-12-10-8-9-11-13-16-18-21-24-27-32(2)37/h9-12,16-19,32-33,36-37H,3-8,13-15,20-31H2,1-2H3/b11-9-,12-10-,18-16-,19-17-/t32-,33+/m1/s1. The summed E-state index contributed by atoms with van der Waals surface area (Å²) in [5.41, 5.74) is 0. The predicted molar refractivity (Wildman–Crippen MR) is 170 cm³/mol. The number of carbonyl (C=O) groups excluding carboxylic acids is 2. The summed E-state index contributed by atoms with van der Waals surface area (Å²) in [4.78, 5) is 24.0. The van der Waals surface area contributed by atoms with Gasteiger partial charge in [0.1, 0.15) is 6.61 Å². The highest BCUT2D eigenvalue weighted by atomic mass is 16.6. The Morgan fingerprint density at radius 1 is 0.659 bits per heavy atom. The number of aliphatic hydroxyl groups is 2. The highest BCUT2D eigenvalue weighted by molar-refractivity contribution is 5.70. The third-order valence-electron chi connectivity index (χ3n) is 6.64. The number of rotatable bonds is 28. The Labute approximate surface area is 251 Å². The fourth-order valence-electron chi connectivity index (χ4n) is 4.15. The van der Waals surface area contributed by atoms with Gasteiger partial charge in [0, 0.05) is 12.8 Å². The van der Waals surface area contributed by atoms with Gasteiger partial charge in [0.05, 0.1) is 12.7 Å². The quantitative estimate of drug-likeness (QED) is 0.0551. The molecule has 2 atom stereocenters. The largest absolute Gasteiger partial charge is 0.462 e. The first-order valence-corrected chi connectivity index (χ1v) is 16.2. The Hall–Kier alpha value is -2.18. The zero-order chi connectivity index (χ0) is 30.2. The fraction of sp³-hybridized carbons (Fsp3) is 0.714. The van der Waals surface area contributed by atoms with Crippen LogP contribution in [0.15, 0.2) is 48.6 Å². The average molecular weight is 577 g/mol. The van der Waals surface area contributed by atoms with E-state index >= 15 is 0 Å². The minimum Gasteiger partial charge on any atom is -0.462 e. The molecule has 0 unspecified atom stereocenters. The Bertz CT molecular complexity index is 722. The highest BCUT2D eigenvalue weighted by Gasteiger charge is 2.15. The van der Waals surface area contributed by atoms with Crippen LogP contribution in [0.1, 0.15) is 136 Å². The van der Waals surface area contributed by atoms with Crippen molar-refractivity contribution in [2.45, 2.75) is 148 Å². The molecule has 0 heterocycles. The van der Waals surface area contributed by atoms with Crippen LogP contribution in [0.2, 0.25) is 0 Å². The molecule has 0 aromatic heterocycles. The molecule has 0 saturated carbocycles. The molecule has 0 rings (SSSR count). The summed E-state index contributed by atoms with van der Waals surface area (Å²) < 4.78 is 10.5. The first kappa shape index (κ1) is 38.8. The van der Waals surface area contributed by atoms with Gasteiger partial charge in [0.2, 0.25) is 0 Å². The zero-order valence-electron chi connectivity index (χ0n) is 26.2. The molecular formula is C35H60O6. The summed E-state index contributed by atoms with van der Waals surface area (Å²) in [6.07, 6.45) is 34.5. The van der Waals surface area contributed by atoms with Crippen molar-refractivity contribution < 1.29 is 29.3 Å². The molecule has 0 saturated heterocycles. The SMILES string of the molecule is CCCCCCCCCCCC(=O)O[C@@H](CO)COC(=O)CCC/C=C\C/C=C\C/C=C\C/C=C\CCC[C@@H](C)O. The molecule has 236 valence electrons. The van der Waals surface area contributed by atoms with E-state index in [1.807, 2.05) is 6.92 Å². The molecule has 0 radical (unpaired) electrons. The third kappa shape index (κ3) is 30.6. The molecule has 0 spiro atoms. The lowest BCUT2D eigenvalue weighted by Crippen LogP contribution is -2.28. The normalized spacial score (nSPS) is 13.6. The second kappa shape index (κ2) is 30.8. The molecular weight excluding hydrogens is 516 g/mol. The first-order valence-electron chi connectivity index (χ1n) is 16.2. The minimum absolute atomic E-state index is 0.103. The van der Waals surface area contributed by atoms with E-state index in [0.717, 1.165) is 64.2 Å². The van der Waals surface area contributed by atoms with E-state index in [2.05, 4.69) is 55.5 Å². The van der Waals surface area contributed by atoms with Crippen LogP contribution in [0, 0.1) is 0 Å². The third-order valence-corrected chi connectivity index (χ3v) is 6.64. The summed E-state index contributed by atoms with van der Waals surface area (Å²) in [5.74, 6) is -0.681. The number of hydrogen-bond acceptors (Lipinski definition) is 6. The number of aliphatic hydroxyl groups excluding tert-OH is 2. The lowest BCUT2D eigenvalue weighted by Gasteiger charge is -2.15. The van der Waals surface area contributed by atoms with Crippen molar-refractivity contribution >= 4 is 11.9 Å². The monoisotopic (exact) mass is 576 g/mol. The van der Waals surface area contributed by atoms with Crippen molar-refractivity contribution in [3.05, 3.63) is 48.6 Å². The molecule has 0 fully saturated rings. The fourth-order valence-corrected chi connectivity index (χ4v) is 4.15. The summed E-state index contributed by atoms with van der Waals surface area (Å²) in [5, 5.41) is 18.7. The van der Waals surface area contributed by atoms with Crippen LogP contribution >= 0.6 is 0 Å². The number of allylic oxidation sites excluding steroid dienone is 8. The van der Waals surface area contributed by atoms with Crippen LogP contribution in [-0.4, -0.2) is 47.6 Å². The van der Waals surface area contributed by atoms with Crippen molar-refractivity contribution in [3.8, 4) is 0 Å². The number of ether oxygens (including phenoxy) is 2. The van der Waals surface area contributed by atoms with Crippen LogP contribution in [0.5, 0.6) is 0 Å². The van der Waals surface area contributed by atoms with Crippen LogP contribution in [0.4, 0.5) is 0 Å². The lowest BCUT2D eigenvalue weighted by molar-refractivity contribution is -0.161. The van der Waals surface area contributed by atoms with E-state index in [4.69, 9.17) is 9.47 Å². The van der Waals surface area contributed by atoms with Crippen LogP contribution in [0.3, 0.4) is 0 Å². The van der Waals surface area contributed by atoms with Gasteiger partial charge in [-0.15, -0.1) is 0 Å². The Kier molecular flexibility index (Phi) is 29.1. The summed E-state index contributed by atoms with van der Waals surface area (Å²) in [7, 11) is 0. The smallest absolute Gasteiger partial charge is 0.306 e. The lowest BCUT2D eigenvalue weighted by atomic mass is 10.1. The highest BCUT2D eigenvalue weighted by Crippen LogP contribution is 2.11. The number of carbonyl (C=O) groups is 2. The van der Waals surface area contributed by atoms with Crippen LogP contribution in [-0.2, 0) is 19.1 Å². The van der Waals surface area contributed by atoms with Crippen molar-refractivity contribution in [1.82, 2.24) is 0 Å². The molecule has 0 aromatic carbocycles. The van der Waals surface area contributed by atoms with Gasteiger partial charge in [0.15, 0.2) is 6.10 Å². The Morgan fingerprint density at radius 3 is 1.68 bits per heavy atom. The number of esters is 2. The van der Waals surface area contributed by atoms with Crippen molar-refractivity contribution in [1.29, 1.82) is 0 Å². The van der Waals surface area contributed by atoms with Crippen molar-refractivity contribution in [2.75, 3.05) is 13.2 Å². The maximum Gasteiger partial charge on any atom is 0.306 e. The molecule has 0 amide bonds. The van der Waals surface area contributed by atoms with Gasteiger partial charge in [-0.25, -0.2) is 0 Å². The van der Waals surface area contributed by atoms with Gasteiger partial charge in [-0.1, -0.05) is 107 Å². The van der Waals surface area contributed by atoms with E-state index in [1.165, 1.54) is 38.5 Å². The van der Waals surface area contributed by atoms with Crippen LogP contribution < -0.4 is 0 Å². The minimum atomic E-state index is -0.797. The van der Waals surface area contributed by atoms with E-state index < -0.39 is 6.10 Å². The molecule has 0 aromatic rings. The Balaban J connectivity index is 3.73. The van der Waals surface area contributed by atoms with E-state index in [1.54, 1.807) is 0 Å². The molecule has 0 aliphatic heterocycles. The van der Waals surface area contributed by atoms with E-state index in [0.29, 0.717) is 19.3 Å². The predicted octanol–water partition coefficient (Wildman–Crippen LogP) is 8.47. The molecule has 6 heteroatoms. The first-order chi connectivity index (χ1) is 20.0. The Morgan fingerprint density at radius 2 is 1.15 bits per heavy atom. The second-order valence-electron chi connectivity index (χ2n) is 10.8. The summed E-state index contributed by atoms with van der Waals surface area (Å²) in [6, 6.07) is 0. The topological polar surface area (TPSA) is 93.1 Å². The molecule has 2 N–H and O–H groups in total. The van der Waals surface area contributed by atoms with Gasteiger partial charge in [-0.05, 0) is 64.7 Å². The van der Waals surface area contributed by atoms with E-state index in [-0.39, 0.29) is 31.3 Å². The summed E-state index contributed by atoms with van der Waals surface area (Å²) in [6.45, 7) is 3.59. The molecule has 0 bridgehead atoms. The number of hydrogen-bond donors (Lipinski definition) is 2. The maximum absolute atomic E-state index is 12.0. The van der Waals surface area contributed by atoms with Gasteiger partial charge in [-0.3, -0.25) is 9.59 Å².